The number of hydrogen-bond donors (Lipinski definition) is 2. The Morgan fingerprint density at radius 1 is 1.56 bits per heavy atom. The van der Waals surface area contributed by atoms with Crippen molar-refractivity contribution >= 4 is 34.2 Å². The van der Waals surface area contributed by atoms with E-state index in [0.29, 0.717) is 23.5 Å². The smallest absolute Gasteiger partial charge is 0.251 e. The van der Waals surface area contributed by atoms with E-state index in [2.05, 4.69) is 33.0 Å². The molecule has 0 saturated heterocycles. The van der Waals surface area contributed by atoms with E-state index < -0.39 is 0 Å². The minimum atomic E-state index is -0.111. The second-order valence-corrected chi connectivity index (χ2v) is 4.98. The van der Waals surface area contributed by atoms with E-state index in [1.54, 1.807) is 29.1 Å². The van der Waals surface area contributed by atoms with Crippen molar-refractivity contribution in [1.29, 1.82) is 0 Å². The Balaban J connectivity index is 2.41. The van der Waals surface area contributed by atoms with Crippen molar-refractivity contribution in [3.63, 3.8) is 0 Å². The number of nitrogens with one attached hydrogen (secondary N) is 1. The van der Waals surface area contributed by atoms with Gasteiger partial charge < -0.3 is 11.1 Å². The van der Waals surface area contributed by atoms with E-state index in [9.17, 15) is 4.79 Å². The highest BCUT2D eigenvalue weighted by Gasteiger charge is 2.09. The van der Waals surface area contributed by atoms with Gasteiger partial charge in [0, 0.05) is 18.3 Å². The number of hydrogen-bond acceptors (Lipinski definition) is 3. The highest BCUT2D eigenvalue weighted by atomic mass is 127. The summed E-state index contributed by atoms with van der Waals surface area (Å²) in [6.07, 6.45) is 3.59. The van der Waals surface area contributed by atoms with Crippen LogP contribution in [0, 0.1) is 3.57 Å². The average molecular weight is 356 g/mol. The van der Waals surface area contributed by atoms with Crippen LogP contribution in [0.25, 0.3) is 5.69 Å². The molecule has 0 bridgehead atoms. The van der Waals surface area contributed by atoms with Crippen LogP contribution >= 0.6 is 22.6 Å². The highest BCUT2D eigenvalue weighted by Crippen LogP contribution is 2.19. The molecule has 2 aromatic rings. The van der Waals surface area contributed by atoms with Crippen molar-refractivity contribution in [2.75, 3.05) is 12.3 Å². The van der Waals surface area contributed by atoms with E-state index in [-0.39, 0.29) is 5.91 Å². The summed E-state index contributed by atoms with van der Waals surface area (Å²) < 4.78 is 2.68. The molecule has 0 aliphatic heterocycles. The van der Waals surface area contributed by atoms with Gasteiger partial charge in [0.2, 0.25) is 0 Å². The van der Waals surface area contributed by atoms with Crippen molar-refractivity contribution in [3.05, 3.63) is 39.7 Å². The molecule has 0 fully saturated rings. The first-order valence-electron chi connectivity index (χ1n) is 5.50. The lowest BCUT2D eigenvalue weighted by Crippen LogP contribution is -2.22. The second-order valence-electron chi connectivity index (χ2n) is 3.74. The van der Waals surface area contributed by atoms with Crippen LogP contribution in [0.3, 0.4) is 0 Å². The SMILES string of the molecule is CCNC(=O)c1ccc(N)c(-n2cc(I)cn2)c1. The van der Waals surface area contributed by atoms with Crippen LogP contribution in [0.4, 0.5) is 5.69 Å². The lowest BCUT2D eigenvalue weighted by Gasteiger charge is -2.08. The third kappa shape index (κ3) is 2.63. The standard InChI is InChI=1S/C12H13IN4O/c1-2-15-12(18)8-3-4-10(14)11(5-8)17-7-9(13)6-16-17/h3-7H,2,14H2,1H3,(H,15,18). The van der Waals surface area contributed by atoms with Gasteiger partial charge in [-0.1, -0.05) is 0 Å². The third-order valence-corrected chi connectivity index (χ3v) is 2.98. The van der Waals surface area contributed by atoms with Crippen LogP contribution in [0.5, 0.6) is 0 Å². The van der Waals surface area contributed by atoms with Gasteiger partial charge in [-0.05, 0) is 47.7 Å². The average Bonchev–Trinajstić information content (AvgIpc) is 2.76. The molecule has 0 unspecified atom stereocenters. The molecule has 0 saturated carbocycles. The number of nitrogens with two attached hydrogens (primary N) is 1. The fourth-order valence-electron chi connectivity index (χ4n) is 1.58. The zero-order valence-electron chi connectivity index (χ0n) is 9.85. The second kappa shape index (κ2) is 5.38. The number of rotatable bonds is 3. The normalized spacial score (nSPS) is 10.3. The molecule has 1 amide bonds. The monoisotopic (exact) mass is 356 g/mol. The molecule has 18 heavy (non-hydrogen) atoms. The molecule has 2 rings (SSSR count). The molecular weight excluding hydrogens is 343 g/mol. The van der Waals surface area contributed by atoms with Crippen molar-refractivity contribution in [2.24, 2.45) is 0 Å². The molecule has 94 valence electrons. The van der Waals surface area contributed by atoms with Crippen LogP contribution < -0.4 is 11.1 Å². The quantitative estimate of drug-likeness (QED) is 0.651. The predicted molar refractivity (Wildman–Crippen MR) is 78.7 cm³/mol. The Bertz CT molecular complexity index is 579. The molecule has 0 spiro atoms. The molecule has 0 aliphatic carbocycles. The molecule has 5 nitrogen and oxygen atoms in total. The molecule has 0 radical (unpaired) electrons. The highest BCUT2D eigenvalue weighted by molar-refractivity contribution is 14.1. The maximum Gasteiger partial charge on any atom is 0.251 e. The number of carbonyl (C=O) groups is 1. The lowest BCUT2D eigenvalue weighted by molar-refractivity contribution is 0.0956. The molecule has 6 heteroatoms. The van der Waals surface area contributed by atoms with Crippen molar-refractivity contribution in [2.45, 2.75) is 6.92 Å². The summed E-state index contributed by atoms with van der Waals surface area (Å²) in [6, 6.07) is 5.16. The summed E-state index contributed by atoms with van der Waals surface area (Å²) in [5.74, 6) is -0.111. The Morgan fingerprint density at radius 2 is 2.33 bits per heavy atom. The Morgan fingerprint density at radius 3 is 2.94 bits per heavy atom. The minimum Gasteiger partial charge on any atom is -0.397 e. The van der Waals surface area contributed by atoms with Gasteiger partial charge in [0.05, 0.1) is 21.1 Å². The molecule has 0 atom stereocenters. The van der Waals surface area contributed by atoms with Gasteiger partial charge in [-0.15, -0.1) is 0 Å². The number of nitrogens with zero attached hydrogens (tertiary/aromatic N) is 2. The number of aromatic nitrogens is 2. The lowest BCUT2D eigenvalue weighted by atomic mass is 10.1. The number of benzene rings is 1. The number of carbonyl (C=O) groups excluding carboxylic acids is 1. The number of amides is 1. The molecular formula is C12H13IN4O. The summed E-state index contributed by atoms with van der Waals surface area (Å²) in [4.78, 5) is 11.8. The van der Waals surface area contributed by atoms with E-state index in [1.807, 2.05) is 13.1 Å². The van der Waals surface area contributed by atoms with Crippen molar-refractivity contribution in [1.82, 2.24) is 15.1 Å². The van der Waals surface area contributed by atoms with Crippen LogP contribution in [-0.2, 0) is 0 Å². The van der Waals surface area contributed by atoms with Crippen molar-refractivity contribution < 1.29 is 4.79 Å². The fraction of sp³-hybridized carbons (Fsp3) is 0.167. The van der Waals surface area contributed by atoms with E-state index in [0.717, 1.165) is 3.57 Å². The summed E-state index contributed by atoms with van der Waals surface area (Å²) in [6.45, 7) is 2.48. The Kier molecular flexibility index (Phi) is 3.85. The van der Waals surface area contributed by atoms with Crippen LogP contribution in [0.2, 0.25) is 0 Å². The van der Waals surface area contributed by atoms with Gasteiger partial charge in [0.1, 0.15) is 0 Å². The van der Waals surface area contributed by atoms with Gasteiger partial charge in [-0.2, -0.15) is 5.10 Å². The Hall–Kier alpha value is -1.57. The van der Waals surface area contributed by atoms with Gasteiger partial charge >= 0.3 is 0 Å². The zero-order valence-corrected chi connectivity index (χ0v) is 12.0. The van der Waals surface area contributed by atoms with Gasteiger partial charge in [0.25, 0.3) is 5.91 Å². The van der Waals surface area contributed by atoms with E-state index >= 15 is 0 Å². The first-order valence-corrected chi connectivity index (χ1v) is 6.58. The fourth-order valence-corrected chi connectivity index (χ4v) is 1.97. The Labute approximate surface area is 119 Å². The first-order chi connectivity index (χ1) is 8.61. The number of halogens is 1. The number of nitrogen functional groups attached to an aromatic ring is 1. The summed E-state index contributed by atoms with van der Waals surface area (Å²) >= 11 is 2.17. The molecule has 1 aromatic carbocycles. The predicted octanol–water partition coefficient (Wildman–Crippen LogP) is 1.81. The van der Waals surface area contributed by atoms with E-state index in [4.69, 9.17) is 5.73 Å². The molecule has 0 aliphatic rings. The van der Waals surface area contributed by atoms with Gasteiger partial charge in [0.15, 0.2) is 0 Å². The zero-order chi connectivity index (χ0) is 13.1. The van der Waals surface area contributed by atoms with Crippen LogP contribution in [-0.4, -0.2) is 22.2 Å². The van der Waals surface area contributed by atoms with Crippen molar-refractivity contribution in [3.8, 4) is 5.69 Å². The first kappa shape index (κ1) is 12.9. The van der Waals surface area contributed by atoms with E-state index in [1.165, 1.54) is 0 Å². The molecule has 3 N–H and O–H groups in total. The maximum absolute atomic E-state index is 11.8. The molecule has 1 aromatic heterocycles. The van der Waals surface area contributed by atoms with Crippen LogP contribution in [0.15, 0.2) is 30.6 Å². The maximum atomic E-state index is 11.8. The third-order valence-electron chi connectivity index (χ3n) is 2.43. The summed E-state index contributed by atoms with van der Waals surface area (Å²) in [7, 11) is 0. The van der Waals surface area contributed by atoms with Gasteiger partial charge in [-0.25, -0.2) is 4.68 Å². The summed E-state index contributed by atoms with van der Waals surface area (Å²) in [5, 5.41) is 6.95. The molecule has 1 heterocycles. The largest absolute Gasteiger partial charge is 0.397 e. The topological polar surface area (TPSA) is 72.9 Å². The summed E-state index contributed by atoms with van der Waals surface area (Å²) in [5.41, 5.74) is 7.78. The van der Waals surface area contributed by atoms with Gasteiger partial charge in [-0.3, -0.25) is 4.79 Å². The number of anilines is 1. The van der Waals surface area contributed by atoms with Crippen LogP contribution in [0.1, 0.15) is 17.3 Å². The minimum absolute atomic E-state index is 0.111.